The summed E-state index contributed by atoms with van der Waals surface area (Å²) in [6.07, 6.45) is 0. The third-order valence-electron chi connectivity index (χ3n) is 4.25. The second-order valence-corrected chi connectivity index (χ2v) is 5.93. The second-order valence-electron chi connectivity index (χ2n) is 5.93. The molecule has 1 unspecified atom stereocenters. The standard InChI is InChI=1S/C17H19B2NO/c1-13(2)16-17(21-19-20(16)18,14-9-5-3-6-10-14)15-11-7-4-8-12-15/h3-13,16,20H,1-2H3/t16-/m0/s1. The Kier molecular flexibility index (Phi) is 3.92. The minimum Gasteiger partial charge on any atom is -0.639 e. The normalized spacial score (nSPS) is 24.0. The quantitative estimate of drug-likeness (QED) is 0.838. The molecule has 0 spiro atoms. The summed E-state index contributed by atoms with van der Waals surface area (Å²) in [5, 5.41) is 0. The molecule has 0 bridgehead atoms. The van der Waals surface area contributed by atoms with Gasteiger partial charge in [-0.2, -0.15) is 0 Å². The summed E-state index contributed by atoms with van der Waals surface area (Å²) >= 11 is 0. The first kappa shape index (κ1) is 14.4. The van der Waals surface area contributed by atoms with Crippen LogP contribution in [0.3, 0.4) is 0 Å². The van der Waals surface area contributed by atoms with E-state index in [1.165, 1.54) is 0 Å². The molecule has 21 heavy (non-hydrogen) atoms. The summed E-state index contributed by atoms with van der Waals surface area (Å²) in [6.45, 7) is 4.39. The van der Waals surface area contributed by atoms with Crippen LogP contribution in [0.4, 0.5) is 0 Å². The summed E-state index contributed by atoms with van der Waals surface area (Å²) in [5.41, 5.74) is 1.76. The third-order valence-corrected chi connectivity index (χ3v) is 4.25. The van der Waals surface area contributed by atoms with Gasteiger partial charge in [-0.3, -0.25) is 0 Å². The Morgan fingerprint density at radius 1 is 1.00 bits per heavy atom. The van der Waals surface area contributed by atoms with Crippen molar-refractivity contribution in [2.75, 3.05) is 0 Å². The number of rotatable bonds is 3. The van der Waals surface area contributed by atoms with Crippen LogP contribution in [-0.2, 0) is 10.3 Å². The van der Waals surface area contributed by atoms with Crippen LogP contribution in [0, 0.1) is 5.92 Å². The predicted molar refractivity (Wildman–Crippen MR) is 85.8 cm³/mol. The van der Waals surface area contributed by atoms with E-state index in [1.807, 2.05) is 12.1 Å². The topological polar surface area (TPSA) is 13.7 Å². The van der Waals surface area contributed by atoms with Gasteiger partial charge in [-0.1, -0.05) is 74.5 Å². The minimum absolute atomic E-state index is 0.127. The van der Waals surface area contributed by atoms with Gasteiger partial charge in [0.15, 0.2) is 5.60 Å². The van der Waals surface area contributed by atoms with E-state index in [-0.39, 0.29) is 6.04 Å². The number of hydrogen-bond donors (Lipinski definition) is 1. The van der Waals surface area contributed by atoms with Crippen LogP contribution in [0.25, 0.3) is 0 Å². The summed E-state index contributed by atoms with van der Waals surface area (Å²) in [4.78, 5) is 0. The van der Waals surface area contributed by atoms with Crippen LogP contribution < -0.4 is 4.72 Å². The van der Waals surface area contributed by atoms with Gasteiger partial charge in [0.1, 0.15) is 0 Å². The first-order valence-corrected chi connectivity index (χ1v) is 7.40. The van der Waals surface area contributed by atoms with E-state index in [1.54, 1.807) is 7.62 Å². The van der Waals surface area contributed by atoms with Gasteiger partial charge in [0.2, 0.25) is 0 Å². The van der Waals surface area contributed by atoms with Gasteiger partial charge in [0.25, 0.3) is 0 Å². The van der Waals surface area contributed by atoms with E-state index in [4.69, 9.17) is 12.6 Å². The van der Waals surface area contributed by atoms with Crippen LogP contribution in [0.1, 0.15) is 25.0 Å². The summed E-state index contributed by atoms with van der Waals surface area (Å²) in [6, 6.07) is 20.9. The molecular formula is C17H19B2NO. The second kappa shape index (κ2) is 5.70. The lowest BCUT2D eigenvalue weighted by Gasteiger charge is -2.42. The minimum atomic E-state index is -0.527. The smallest absolute Gasteiger partial charge is 0.594 e. The number of benzene rings is 2. The van der Waals surface area contributed by atoms with Gasteiger partial charge in [0, 0.05) is 5.92 Å². The van der Waals surface area contributed by atoms with E-state index >= 15 is 0 Å². The molecule has 4 heteroatoms. The average molecular weight is 275 g/mol. The highest BCUT2D eigenvalue weighted by molar-refractivity contribution is 6.24. The van der Waals surface area contributed by atoms with E-state index < -0.39 is 5.60 Å². The van der Waals surface area contributed by atoms with Gasteiger partial charge in [-0.05, 0) is 11.1 Å². The largest absolute Gasteiger partial charge is 0.639 e. The Hall–Kier alpha value is -1.51. The number of hydrogen-bond acceptors (Lipinski definition) is 1. The molecule has 0 saturated carbocycles. The highest BCUT2D eigenvalue weighted by atomic mass is 16.5. The van der Waals surface area contributed by atoms with Gasteiger partial charge in [0.05, 0.1) is 6.04 Å². The van der Waals surface area contributed by atoms with E-state index in [0.29, 0.717) is 5.92 Å². The van der Waals surface area contributed by atoms with Crippen LogP contribution in [0.5, 0.6) is 0 Å². The van der Waals surface area contributed by atoms with Crippen molar-refractivity contribution in [3.8, 4) is 0 Å². The summed E-state index contributed by atoms with van der Waals surface area (Å²) in [5.74, 6) is 0.379. The van der Waals surface area contributed by atoms with Crippen molar-refractivity contribution in [2.24, 2.45) is 5.92 Å². The lowest BCUT2D eigenvalue weighted by Crippen LogP contribution is -3.15. The summed E-state index contributed by atoms with van der Waals surface area (Å²) in [7, 11) is 7.99. The van der Waals surface area contributed by atoms with Crippen molar-refractivity contribution in [1.29, 1.82) is 0 Å². The maximum atomic E-state index is 6.27. The molecule has 3 rings (SSSR count). The lowest BCUT2D eigenvalue weighted by molar-refractivity contribution is -0.687. The van der Waals surface area contributed by atoms with Gasteiger partial charge < -0.3 is 9.38 Å². The fourth-order valence-electron chi connectivity index (χ4n) is 3.43. The highest BCUT2D eigenvalue weighted by Gasteiger charge is 2.52. The maximum Gasteiger partial charge on any atom is 0.594 e. The molecule has 4 radical (unpaired) electrons. The Morgan fingerprint density at radius 3 is 1.90 bits per heavy atom. The van der Waals surface area contributed by atoms with Crippen molar-refractivity contribution in [2.45, 2.75) is 25.5 Å². The Labute approximate surface area is 128 Å². The monoisotopic (exact) mass is 275 g/mol. The van der Waals surface area contributed by atoms with Crippen molar-refractivity contribution in [3.63, 3.8) is 0 Å². The van der Waals surface area contributed by atoms with Crippen molar-refractivity contribution < 1.29 is 9.38 Å². The summed E-state index contributed by atoms with van der Waals surface area (Å²) < 4.78 is 7.03. The molecule has 1 heterocycles. The predicted octanol–water partition coefficient (Wildman–Crippen LogP) is 1.49. The molecule has 2 atom stereocenters. The molecule has 1 aliphatic rings. The molecule has 2 aromatic carbocycles. The fourth-order valence-corrected chi connectivity index (χ4v) is 3.43. The first-order chi connectivity index (χ1) is 10.2. The molecule has 0 aromatic heterocycles. The molecule has 1 fully saturated rings. The third kappa shape index (κ3) is 2.33. The molecule has 2 nitrogen and oxygen atoms in total. The van der Waals surface area contributed by atoms with E-state index in [9.17, 15) is 0 Å². The fraction of sp³-hybridized carbons (Fsp3) is 0.294. The molecule has 2 aromatic rings. The molecule has 1 aliphatic heterocycles. The van der Waals surface area contributed by atoms with Crippen molar-refractivity contribution in [3.05, 3.63) is 71.8 Å². The number of quaternary nitrogens is 1. The Bertz CT molecular complexity index is 549. The molecule has 0 amide bonds. The average Bonchev–Trinajstić information content (AvgIpc) is 2.88. The van der Waals surface area contributed by atoms with Crippen molar-refractivity contribution in [1.82, 2.24) is 0 Å². The molecule has 0 aliphatic carbocycles. The zero-order valence-electron chi connectivity index (χ0n) is 12.5. The van der Waals surface area contributed by atoms with Crippen molar-refractivity contribution >= 4 is 15.6 Å². The highest BCUT2D eigenvalue weighted by Crippen LogP contribution is 2.39. The van der Waals surface area contributed by atoms with Gasteiger partial charge in [-0.15, -0.1) is 0 Å². The Balaban J connectivity index is 2.21. The zero-order chi connectivity index (χ0) is 14.9. The van der Waals surface area contributed by atoms with E-state index in [0.717, 1.165) is 15.8 Å². The molecule has 1 saturated heterocycles. The molecular weight excluding hydrogens is 256 g/mol. The molecule has 104 valence electrons. The maximum absolute atomic E-state index is 6.27. The molecule has 1 N–H and O–H groups in total. The van der Waals surface area contributed by atoms with Crippen LogP contribution in [0.15, 0.2) is 60.7 Å². The van der Waals surface area contributed by atoms with Crippen LogP contribution in [-0.4, -0.2) is 21.6 Å². The zero-order valence-corrected chi connectivity index (χ0v) is 12.5. The van der Waals surface area contributed by atoms with Crippen LogP contribution >= 0.6 is 0 Å². The number of nitrogens with one attached hydrogen (secondary N) is 1. The lowest BCUT2D eigenvalue weighted by atomic mass is 9.75. The van der Waals surface area contributed by atoms with Gasteiger partial charge in [-0.25, -0.2) is 7.98 Å². The Morgan fingerprint density at radius 2 is 1.48 bits per heavy atom. The first-order valence-electron chi connectivity index (χ1n) is 7.40. The van der Waals surface area contributed by atoms with Crippen LogP contribution in [0.2, 0.25) is 0 Å². The van der Waals surface area contributed by atoms with E-state index in [2.05, 4.69) is 62.4 Å². The van der Waals surface area contributed by atoms with Gasteiger partial charge >= 0.3 is 7.62 Å². The SMILES string of the molecule is [B-][NH+]1[B]OC(c2ccccc2)(c2ccccc2)[C@@H]1C(C)C.